The quantitative estimate of drug-likeness (QED) is 0.413. The van der Waals surface area contributed by atoms with E-state index in [2.05, 4.69) is 5.32 Å². The molecule has 0 saturated carbocycles. The number of carbonyl (C=O) groups is 2. The summed E-state index contributed by atoms with van der Waals surface area (Å²) in [4.78, 5) is 34.3. The van der Waals surface area contributed by atoms with Gasteiger partial charge in [0.2, 0.25) is 11.8 Å². The van der Waals surface area contributed by atoms with Gasteiger partial charge in [-0.15, -0.1) is 11.8 Å². The summed E-state index contributed by atoms with van der Waals surface area (Å²) in [5, 5.41) is 13.7. The highest BCUT2D eigenvalue weighted by Gasteiger charge is 2.18. The van der Waals surface area contributed by atoms with Crippen molar-refractivity contribution in [2.45, 2.75) is 12.2 Å². The van der Waals surface area contributed by atoms with Crippen LogP contribution in [0.3, 0.4) is 0 Å². The number of hydrogen-bond acceptors (Lipinski definition) is 6. The number of ether oxygens (including phenoxy) is 1. The van der Waals surface area contributed by atoms with Crippen LogP contribution in [-0.4, -0.2) is 36.1 Å². The molecule has 2 rings (SSSR count). The lowest BCUT2D eigenvalue weighted by Crippen LogP contribution is -2.38. The summed E-state index contributed by atoms with van der Waals surface area (Å²) in [6, 6.07) is 10.4. The molecule has 30 heavy (non-hydrogen) atoms. The molecule has 0 heterocycles. The Labute approximate surface area is 177 Å². The van der Waals surface area contributed by atoms with Gasteiger partial charge in [0.15, 0.2) is 5.75 Å². The van der Waals surface area contributed by atoms with E-state index >= 15 is 0 Å². The van der Waals surface area contributed by atoms with Crippen molar-refractivity contribution in [3.63, 3.8) is 0 Å². The SMILES string of the molecule is COc1ccc(CSCC(=O)NCC(Cc2ccc(F)cc2)C(N)=O)cc1[N+](=O)[O-]. The molecule has 2 aromatic rings. The van der Waals surface area contributed by atoms with Gasteiger partial charge in [-0.3, -0.25) is 19.7 Å². The molecule has 1 atom stereocenters. The van der Waals surface area contributed by atoms with Crippen LogP contribution in [-0.2, 0) is 21.8 Å². The first kappa shape index (κ1) is 23.1. The molecule has 0 aromatic heterocycles. The van der Waals surface area contributed by atoms with E-state index in [1.165, 1.54) is 43.1 Å². The van der Waals surface area contributed by atoms with Crippen LogP contribution in [0.2, 0.25) is 0 Å². The van der Waals surface area contributed by atoms with E-state index in [0.29, 0.717) is 17.7 Å². The third-order valence-corrected chi connectivity index (χ3v) is 5.29. The van der Waals surface area contributed by atoms with Crippen molar-refractivity contribution < 1.29 is 23.6 Å². The van der Waals surface area contributed by atoms with Crippen molar-refractivity contribution in [1.82, 2.24) is 5.32 Å². The largest absolute Gasteiger partial charge is 0.490 e. The third-order valence-electron chi connectivity index (χ3n) is 4.29. The average molecular weight is 435 g/mol. The van der Waals surface area contributed by atoms with E-state index in [-0.39, 0.29) is 35.5 Å². The van der Waals surface area contributed by atoms with E-state index < -0.39 is 16.7 Å². The van der Waals surface area contributed by atoms with Crippen molar-refractivity contribution in [3.8, 4) is 5.75 Å². The highest BCUT2D eigenvalue weighted by molar-refractivity contribution is 7.99. The Kier molecular flexibility index (Phi) is 8.60. The molecule has 0 radical (unpaired) electrons. The highest BCUT2D eigenvalue weighted by atomic mass is 32.2. The summed E-state index contributed by atoms with van der Waals surface area (Å²) in [6.45, 7) is 0.0696. The molecule has 1 unspecified atom stereocenters. The number of benzene rings is 2. The number of halogens is 1. The maximum absolute atomic E-state index is 13.0. The average Bonchev–Trinajstić information content (AvgIpc) is 2.72. The molecular weight excluding hydrogens is 413 g/mol. The number of hydrogen-bond donors (Lipinski definition) is 2. The number of primary amides is 1. The first-order valence-electron chi connectivity index (χ1n) is 8.99. The van der Waals surface area contributed by atoms with Crippen LogP contribution in [0, 0.1) is 21.8 Å². The number of amides is 2. The first-order valence-corrected chi connectivity index (χ1v) is 10.1. The van der Waals surface area contributed by atoms with Crippen LogP contribution >= 0.6 is 11.8 Å². The van der Waals surface area contributed by atoms with E-state index in [9.17, 15) is 24.1 Å². The van der Waals surface area contributed by atoms with E-state index in [1.807, 2.05) is 0 Å². The second-order valence-electron chi connectivity index (χ2n) is 6.49. The zero-order valence-corrected chi connectivity index (χ0v) is 17.1. The second kappa shape index (κ2) is 11.1. The molecule has 2 amide bonds. The minimum absolute atomic E-state index is 0.0696. The molecule has 0 saturated heterocycles. The fraction of sp³-hybridized carbons (Fsp3) is 0.300. The number of methoxy groups -OCH3 is 1. The Morgan fingerprint density at radius 1 is 1.23 bits per heavy atom. The summed E-state index contributed by atoms with van der Waals surface area (Å²) in [6.07, 6.45) is 0.290. The Balaban J connectivity index is 1.82. The van der Waals surface area contributed by atoms with E-state index in [4.69, 9.17) is 10.5 Å². The maximum Gasteiger partial charge on any atom is 0.311 e. The van der Waals surface area contributed by atoms with Crippen LogP contribution in [0.15, 0.2) is 42.5 Å². The highest BCUT2D eigenvalue weighted by Crippen LogP contribution is 2.28. The normalized spacial score (nSPS) is 11.5. The fourth-order valence-corrected chi connectivity index (χ4v) is 3.50. The zero-order chi connectivity index (χ0) is 22.1. The van der Waals surface area contributed by atoms with Gasteiger partial charge in [-0.1, -0.05) is 18.2 Å². The number of nitro groups is 1. The van der Waals surface area contributed by atoms with Crippen molar-refractivity contribution in [3.05, 3.63) is 69.5 Å². The molecule has 3 N–H and O–H groups in total. The molecule has 2 aromatic carbocycles. The second-order valence-corrected chi connectivity index (χ2v) is 7.48. The first-order chi connectivity index (χ1) is 14.3. The molecule has 0 aliphatic heterocycles. The topological polar surface area (TPSA) is 125 Å². The monoisotopic (exact) mass is 435 g/mol. The number of rotatable bonds is 11. The Morgan fingerprint density at radius 3 is 2.50 bits per heavy atom. The smallest absolute Gasteiger partial charge is 0.311 e. The zero-order valence-electron chi connectivity index (χ0n) is 16.3. The lowest BCUT2D eigenvalue weighted by Gasteiger charge is -2.14. The van der Waals surface area contributed by atoms with Crippen LogP contribution in [0.1, 0.15) is 11.1 Å². The van der Waals surface area contributed by atoms with Crippen LogP contribution in [0.5, 0.6) is 5.75 Å². The molecular formula is C20H22FN3O5S. The van der Waals surface area contributed by atoms with Gasteiger partial charge < -0.3 is 15.8 Å². The number of thioether (sulfide) groups is 1. The Bertz CT molecular complexity index is 908. The number of nitro benzene ring substituents is 1. The summed E-state index contributed by atoms with van der Waals surface area (Å²) in [7, 11) is 1.36. The molecule has 0 aliphatic carbocycles. The summed E-state index contributed by atoms with van der Waals surface area (Å²) in [5.74, 6) is -1.15. The lowest BCUT2D eigenvalue weighted by atomic mass is 9.98. The van der Waals surface area contributed by atoms with Gasteiger partial charge in [-0.2, -0.15) is 0 Å². The lowest BCUT2D eigenvalue weighted by molar-refractivity contribution is -0.385. The van der Waals surface area contributed by atoms with Crippen LogP contribution < -0.4 is 15.8 Å². The Morgan fingerprint density at radius 2 is 1.90 bits per heavy atom. The van der Waals surface area contributed by atoms with Crippen molar-refractivity contribution >= 4 is 29.3 Å². The molecule has 0 fully saturated rings. The summed E-state index contributed by atoms with van der Waals surface area (Å²) >= 11 is 1.28. The molecule has 10 heteroatoms. The van der Waals surface area contributed by atoms with E-state index in [0.717, 1.165) is 5.56 Å². The summed E-state index contributed by atoms with van der Waals surface area (Å²) < 4.78 is 17.9. The van der Waals surface area contributed by atoms with Crippen molar-refractivity contribution in [2.24, 2.45) is 11.7 Å². The molecule has 160 valence electrons. The molecule has 0 spiro atoms. The van der Waals surface area contributed by atoms with Gasteiger partial charge in [-0.25, -0.2) is 4.39 Å². The van der Waals surface area contributed by atoms with Crippen molar-refractivity contribution in [2.75, 3.05) is 19.4 Å². The van der Waals surface area contributed by atoms with Crippen LogP contribution in [0.4, 0.5) is 10.1 Å². The maximum atomic E-state index is 13.0. The van der Waals surface area contributed by atoms with Gasteiger partial charge in [0.05, 0.1) is 23.7 Å². The van der Waals surface area contributed by atoms with Gasteiger partial charge in [0, 0.05) is 18.4 Å². The molecule has 8 nitrogen and oxygen atoms in total. The van der Waals surface area contributed by atoms with Crippen LogP contribution in [0.25, 0.3) is 0 Å². The predicted octanol–water partition coefficient (Wildman–Crippen LogP) is 2.44. The van der Waals surface area contributed by atoms with Gasteiger partial charge in [0.25, 0.3) is 0 Å². The number of carbonyl (C=O) groups excluding carboxylic acids is 2. The number of nitrogens with zero attached hydrogens (tertiary/aromatic N) is 1. The fourth-order valence-electron chi connectivity index (χ4n) is 2.70. The standard InChI is InChI=1S/C20H22FN3O5S/c1-29-18-7-4-14(9-17(18)24(27)28)11-30-12-19(25)23-10-15(20(22)26)8-13-2-5-16(21)6-3-13/h2-7,9,15H,8,10-12H2,1H3,(H2,22,26)(H,23,25). The molecule has 0 aliphatic rings. The van der Waals surface area contributed by atoms with Crippen molar-refractivity contribution in [1.29, 1.82) is 0 Å². The minimum atomic E-state index is -0.617. The predicted molar refractivity (Wildman–Crippen MR) is 112 cm³/mol. The Hall–Kier alpha value is -3.14. The molecule has 0 bridgehead atoms. The van der Waals surface area contributed by atoms with E-state index in [1.54, 1.807) is 18.2 Å². The summed E-state index contributed by atoms with van der Waals surface area (Å²) in [5.41, 5.74) is 6.70. The van der Waals surface area contributed by atoms with Gasteiger partial charge in [-0.05, 0) is 35.7 Å². The third kappa shape index (κ3) is 7.03. The van der Waals surface area contributed by atoms with Gasteiger partial charge >= 0.3 is 5.69 Å². The number of nitrogens with one attached hydrogen (secondary N) is 1. The van der Waals surface area contributed by atoms with Gasteiger partial charge in [0.1, 0.15) is 5.82 Å². The number of nitrogens with two attached hydrogens (primary N) is 1. The minimum Gasteiger partial charge on any atom is -0.490 e.